The molecule has 5 heterocycles. The molecule has 1 saturated heterocycles. The van der Waals surface area contributed by atoms with Crippen LogP contribution in [0, 0.1) is 0 Å². The molecule has 4 aromatic heterocycles. The van der Waals surface area contributed by atoms with E-state index in [1.807, 2.05) is 0 Å². The van der Waals surface area contributed by atoms with Crippen LogP contribution in [0.25, 0.3) is 22.6 Å². The van der Waals surface area contributed by atoms with Crippen LogP contribution in [-0.2, 0) is 21.1 Å². The zero-order valence-electron chi connectivity index (χ0n) is 22.7. The Morgan fingerprint density at radius 3 is 2.34 bits per heavy atom. The van der Waals surface area contributed by atoms with Crippen LogP contribution < -0.4 is 10.9 Å². The summed E-state index contributed by atoms with van der Waals surface area (Å²) in [5.74, 6) is 1.47. The van der Waals surface area contributed by atoms with E-state index in [4.69, 9.17) is 14.7 Å². The first kappa shape index (κ1) is 26.1. The van der Waals surface area contributed by atoms with E-state index in [2.05, 4.69) is 25.3 Å². The molecule has 1 aliphatic heterocycles. The average Bonchev–Trinajstić information content (AvgIpc) is 3.94. The molecule has 0 aromatic carbocycles. The highest BCUT2D eigenvalue weighted by molar-refractivity contribution is 7.91. The minimum atomic E-state index is -3.34. The molecule has 0 amide bonds. The van der Waals surface area contributed by atoms with Crippen LogP contribution in [0.1, 0.15) is 74.0 Å². The third kappa shape index (κ3) is 4.97. The lowest BCUT2D eigenvalue weighted by Gasteiger charge is -2.18. The van der Waals surface area contributed by atoms with E-state index in [1.54, 1.807) is 30.1 Å². The zero-order chi connectivity index (χ0) is 28.1. The second kappa shape index (κ2) is 10.2. The normalized spacial score (nSPS) is 19.1. The van der Waals surface area contributed by atoms with Crippen LogP contribution in [-0.4, -0.2) is 61.9 Å². The Bertz CT molecular complexity index is 1760. The second-order valence-electron chi connectivity index (χ2n) is 10.9. The summed E-state index contributed by atoms with van der Waals surface area (Å²) in [5, 5.41) is 3.10. The fourth-order valence-electron chi connectivity index (χ4n) is 5.32. The number of anilines is 1. The van der Waals surface area contributed by atoms with E-state index in [1.165, 1.54) is 12.3 Å². The van der Waals surface area contributed by atoms with Crippen LogP contribution in [0.2, 0.25) is 0 Å². The van der Waals surface area contributed by atoms with Crippen LogP contribution in [0.4, 0.5) is 5.82 Å². The first-order chi connectivity index (χ1) is 19.9. The number of sulfone groups is 1. The minimum Gasteiger partial charge on any atom is -0.379 e. The van der Waals surface area contributed by atoms with Crippen molar-refractivity contribution in [2.24, 2.45) is 0 Å². The average molecular weight is 575 g/mol. The number of hydrogen-bond acceptors (Lipinski definition) is 11. The molecule has 3 aliphatic rings. The molecule has 212 valence electrons. The predicted molar refractivity (Wildman–Crippen MR) is 150 cm³/mol. The standard InChI is InChI=1S/C28H30N8O4S/c1-2-41(38,39)20-8-7-18(29-12-20)11-30-26-28(37)36(19-9-10-40-14-19)27-21(34-26)13-31-25(35-27)22-23(16-3-4-16)32-15-33-24(22)17-5-6-17/h7-8,12-13,15-17,19H,2-6,9-11,14H2,1H3,(H,30,34)/t19-/m1/s1. The van der Waals surface area contributed by atoms with E-state index in [0.717, 1.165) is 42.6 Å². The molecule has 0 bridgehead atoms. The smallest absolute Gasteiger partial charge is 0.295 e. The predicted octanol–water partition coefficient (Wildman–Crippen LogP) is 3.16. The molecule has 41 heavy (non-hydrogen) atoms. The molecule has 1 N–H and O–H groups in total. The fraction of sp³-hybridized carbons (Fsp3) is 0.464. The van der Waals surface area contributed by atoms with Crippen molar-refractivity contribution >= 4 is 26.8 Å². The summed E-state index contributed by atoms with van der Waals surface area (Å²) >= 11 is 0. The topological polar surface area (TPSA) is 155 Å². The number of fused-ring (bicyclic) bond motifs is 1. The van der Waals surface area contributed by atoms with Crippen molar-refractivity contribution in [3.05, 3.63) is 58.3 Å². The van der Waals surface area contributed by atoms with E-state index in [0.29, 0.717) is 54.2 Å². The summed E-state index contributed by atoms with van der Waals surface area (Å²) in [4.78, 5) is 41.8. The van der Waals surface area contributed by atoms with Gasteiger partial charge in [-0.25, -0.2) is 33.3 Å². The summed E-state index contributed by atoms with van der Waals surface area (Å²) < 4.78 is 31.5. The Labute approximate surface area is 236 Å². The Hall–Kier alpha value is -3.84. The molecule has 7 rings (SSSR count). The lowest BCUT2D eigenvalue weighted by atomic mass is 10.0. The SMILES string of the molecule is CCS(=O)(=O)c1ccc(CNc2nc3cnc(-c4c(C5CC5)ncnc4C4CC4)nc3n([C@@H]3CCOC3)c2=O)nc1. The first-order valence-electron chi connectivity index (χ1n) is 14.1. The summed E-state index contributed by atoms with van der Waals surface area (Å²) in [5.41, 5.74) is 4.11. The van der Waals surface area contributed by atoms with Gasteiger partial charge in [-0.2, -0.15) is 0 Å². The largest absolute Gasteiger partial charge is 0.379 e. The van der Waals surface area contributed by atoms with Crippen molar-refractivity contribution in [1.29, 1.82) is 0 Å². The summed E-state index contributed by atoms with van der Waals surface area (Å²) in [6, 6.07) is 2.97. The van der Waals surface area contributed by atoms with Gasteiger partial charge in [0.2, 0.25) is 0 Å². The van der Waals surface area contributed by atoms with E-state index < -0.39 is 9.84 Å². The van der Waals surface area contributed by atoms with Crippen LogP contribution in [0.3, 0.4) is 0 Å². The van der Waals surface area contributed by atoms with Crippen molar-refractivity contribution in [3.8, 4) is 11.4 Å². The summed E-state index contributed by atoms with van der Waals surface area (Å²) in [6.45, 7) is 2.75. The highest BCUT2D eigenvalue weighted by Crippen LogP contribution is 2.48. The van der Waals surface area contributed by atoms with E-state index in [9.17, 15) is 13.2 Å². The van der Waals surface area contributed by atoms with Gasteiger partial charge in [-0.15, -0.1) is 0 Å². The number of aromatic nitrogens is 7. The van der Waals surface area contributed by atoms with E-state index in [-0.39, 0.29) is 34.6 Å². The molecule has 1 atom stereocenters. The van der Waals surface area contributed by atoms with Gasteiger partial charge < -0.3 is 10.1 Å². The second-order valence-corrected chi connectivity index (χ2v) is 13.1. The molecule has 0 unspecified atom stereocenters. The highest BCUT2D eigenvalue weighted by Gasteiger charge is 2.36. The van der Waals surface area contributed by atoms with Gasteiger partial charge >= 0.3 is 0 Å². The number of hydrogen-bond donors (Lipinski definition) is 1. The molecule has 4 aromatic rings. The lowest BCUT2D eigenvalue weighted by Crippen LogP contribution is -2.30. The van der Waals surface area contributed by atoms with Gasteiger partial charge in [0, 0.05) is 24.6 Å². The molecule has 2 aliphatic carbocycles. The van der Waals surface area contributed by atoms with Crippen LogP contribution in [0.5, 0.6) is 0 Å². The first-order valence-corrected chi connectivity index (χ1v) is 15.7. The third-order valence-corrected chi connectivity index (χ3v) is 9.65. The maximum atomic E-state index is 13.8. The number of pyridine rings is 1. The van der Waals surface area contributed by atoms with Gasteiger partial charge in [-0.1, -0.05) is 6.92 Å². The Kier molecular flexibility index (Phi) is 6.50. The lowest BCUT2D eigenvalue weighted by molar-refractivity contribution is 0.186. The monoisotopic (exact) mass is 574 g/mol. The molecule has 3 fully saturated rings. The highest BCUT2D eigenvalue weighted by atomic mass is 32.2. The van der Waals surface area contributed by atoms with Crippen molar-refractivity contribution < 1.29 is 13.2 Å². The maximum Gasteiger partial charge on any atom is 0.295 e. The Balaban J connectivity index is 1.28. The van der Waals surface area contributed by atoms with Crippen LogP contribution in [0.15, 0.2) is 40.5 Å². The summed E-state index contributed by atoms with van der Waals surface area (Å²) in [6.07, 6.45) is 9.71. The van der Waals surface area contributed by atoms with Crippen LogP contribution >= 0.6 is 0 Å². The van der Waals surface area contributed by atoms with Gasteiger partial charge in [-0.05, 0) is 44.2 Å². The maximum absolute atomic E-state index is 13.8. The molecule has 12 nitrogen and oxygen atoms in total. The molecule has 13 heteroatoms. The van der Waals surface area contributed by atoms with Gasteiger partial charge in [0.25, 0.3) is 5.56 Å². The van der Waals surface area contributed by atoms with Gasteiger partial charge in [0.05, 0.1) is 58.7 Å². The van der Waals surface area contributed by atoms with Gasteiger partial charge in [0.15, 0.2) is 27.1 Å². The molecule has 0 spiro atoms. The number of nitrogens with zero attached hydrogens (tertiary/aromatic N) is 7. The molecule has 2 saturated carbocycles. The quantitative estimate of drug-likeness (QED) is 0.313. The minimum absolute atomic E-state index is 0.00256. The van der Waals surface area contributed by atoms with Gasteiger partial charge in [0.1, 0.15) is 11.8 Å². The number of nitrogens with one attached hydrogen (secondary N) is 1. The van der Waals surface area contributed by atoms with E-state index >= 15 is 0 Å². The summed E-state index contributed by atoms with van der Waals surface area (Å²) in [7, 11) is -3.34. The van der Waals surface area contributed by atoms with Crippen molar-refractivity contribution in [3.63, 3.8) is 0 Å². The molecular formula is C28H30N8O4S. The number of rotatable bonds is 9. The van der Waals surface area contributed by atoms with Gasteiger partial charge in [-0.3, -0.25) is 14.3 Å². The Morgan fingerprint density at radius 2 is 1.73 bits per heavy atom. The third-order valence-electron chi connectivity index (χ3n) is 7.93. The van der Waals surface area contributed by atoms with Crippen molar-refractivity contribution in [2.75, 3.05) is 24.3 Å². The zero-order valence-corrected chi connectivity index (χ0v) is 23.5. The number of ether oxygens (including phenoxy) is 1. The van der Waals surface area contributed by atoms with Crippen molar-refractivity contribution in [1.82, 2.24) is 34.5 Å². The Morgan fingerprint density at radius 1 is 0.976 bits per heavy atom. The molecule has 0 radical (unpaired) electrons. The fourth-order valence-corrected chi connectivity index (χ4v) is 6.14. The molecular weight excluding hydrogens is 544 g/mol. The van der Waals surface area contributed by atoms with Crippen molar-refractivity contribution in [2.45, 2.75) is 68.3 Å².